The molecule has 1 aliphatic rings. The molecule has 1 unspecified atom stereocenters. The van der Waals surface area contributed by atoms with Gasteiger partial charge in [0.25, 0.3) is 0 Å². The van der Waals surface area contributed by atoms with Crippen LogP contribution in [0.3, 0.4) is 0 Å². The zero-order valence-corrected chi connectivity index (χ0v) is 9.96. The zero-order chi connectivity index (χ0) is 12.3. The Morgan fingerprint density at radius 3 is 3.06 bits per heavy atom. The molecule has 7 heteroatoms. The fourth-order valence-electron chi connectivity index (χ4n) is 1.75. The summed E-state index contributed by atoms with van der Waals surface area (Å²) in [6.07, 6.45) is 2.69. The van der Waals surface area contributed by atoms with Crippen LogP contribution in [0.5, 0.6) is 0 Å². The van der Waals surface area contributed by atoms with Gasteiger partial charge in [-0.25, -0.2) is 4.79 Å². The highest BCUT2D eigenvalue weighted by Crippen LogP contribution is 2.09. The van der Waals surface area contributed by atoms with Crippen molar-refractivity contribution in [2.45, 2.75) is 25.9 Å². The van der Waals surface area contributed by atoms with Crippen LogP contribution in [-0.4, -0.2) is 45.6 Å². The first kappa shape index (κ1) is 11.8. The summed E-state index contributed by atoms with van der Waals surface area (Å²) < 4.78 is 1.73. The number of amides is 2. The van der Waals surface area contributed by atoms with Crippen LogP contribution in [0.2, 0.25) is 0 Å². The molecule has 7 nitrogen and oxygen atoms in total. The molecule has 17 heavy (non-hydrogen) atoms. The van der Waals surface area contributed by atoms with E-state index in [1.54, 1.807) is 9.58 Å². The van der Waals surface area contributed by atoms with Crippen LogP contribution in [0.1, 0.15) is 25.1 Å². The van der Waals surface area contributed by atoms with Gasteiger partial charge in [0, 0.05) is 19.6 Å². The summed E-state index contributed by atoms with van der Waals surface area (Å²) in [6.45, 7) is 4.79. The molecule has 2 amide bonds. The van der Waals surface area contributed by atoms with Crippen LogP contribution >= 0.6 is 0 Å². The number of carbonyl (C=O) groups is 1. The first-order valence-electron chi connectivity index (χ1n) is 5.89. The fraction of sp³-hybridized carbons (Fsp3) is 0.700. The minimum absolute atomic E-state index is 0.00408. The molecule has 0 radical (unpaired) electrons. The van der Waals surface area contributed by atoms with Gasteiger partial charge in [0.1, 0.15) is 0 Å². The number of hydrogen-bond donors (Lipinski definition) is 2. The lowest BCUT2D eigenvalue weighted by molar-refractivity contribution is 0.215. The van der Waals surface area contributed by atoms with Crippen molar-refractivity contribution >= 4 is 6.03 Å². The van der Waals surface area contributed by atoms with Crippen LogP contribution in [-0.2, 0) is 6.54 Å². The van der Waals surface area contributed by atoms with Gasteiger partial charge in [0.2, 0.25) is 0 Å². The SMILES string of the molecule is CCC(N)c1cn(CCN2CCNC2=O)nn1. The molecule has 2 rings (SSSR count). The monoisotopic (exact) mass is 238 g/mol. The molecule has 0 aromatic carbocycles. The van der Waals surface area contributed by atoms with Gasteiger partial charge in [-0.05, 0) is 6.42 Å². The summed E-state index contributed by atoms with van der Waals surface area (Å²) >= 11 is 0. The fourth-order valence-corrected chi connectivity index (χ4v) is 1.75. The van der Waals surface area contributed by atoms with Crippen molar-refractivity contribution in [3.05, 3.63) is 11.9 Å². The van der Waals surface area contributed by atoms with E-state index in [-0.39, 0.29) is 12.1 Å². The van der Waals surface area contributed by atoms with Gasteiger partial charge in [-0.2, -0.15) is 0 Å². The standard InChI is InChI=1S/C10H18N6O/c1-2-8(11)9-7-16(14-13-9)6-5-15-4-3-12-10(15)17/h7-8H,2-6,11H2,1H3,(H,12,17). The molecule has 1 atom stereocenters. The van der Waals surface area contributed by atoms with Crippen LogP contribution in [0.15, 0.2) is 6.20 Å². The maximum Gasteiger partial charge on any atom is 0.317 e. The van der Waals surface area contributed by atoms with Gasteiger partial charge in [-0.3, -0.25) is 4.68 Å². The van der Waals surface area contributed by atoms with Crippen molar-refractivity contribution in [2.75, 3.05) is 19.6 Å². The van der Waals surface area contributed by atoms with Crippen molar-refractivity contribution in [3.63, 3.8) is 0 Å². The third-order valence-electron chi connectivity index (χ3n) is 2.92. The van der Waals surface area contributed by atoms with Gasteiger partial charge < -0.3 is 16.0 Å². The van der Waals surface area contributed by atoms with E-state index in [9.17, 15) is 4.79 Å². The van der Waals surface area contributed by atoms with Crippen molar-refractivity contribution in [1.29, 1.82) is 0 Å². The lowest BCUT2D eigenvalue weighted by Crippen LogP contribution is -2.31. The Kier molecular flexibility index (Phi) is 3.58. The second-order valence-corrected chi connectivity index (χ2v) is 4.14. The molecule has 0 bridgehead atoms. The smallest absolute Gasteiger partial charge is 0.317 e. The maximum absolute atomic E-state index is 11.3. The van der Waals surface area contributed by atoms with E-state index < -0.39 is 0 Å². The Labute approximate surface area is 100.0 Å². The van der Waals surface area contributed by atoms with E-state index >= 15 is 0 Å². The van der Waals surface area contributed by atoms with E-state index in [0.717, 1.165) is 25.2 Å². The highest BCUT2D eigenvalue weighted by Gasteiger charge is 2.19. The summed E-state index contributed by atoms with van der Waals surface area (Å²) in [4.78, 5) is 13.1. The first-order chi connectivity index (χ1) is 8.20. The van der Waals surface area contributed by atoms with E-state index in [2.05, 4.69) is 15.6 Å². The average Bonchev–Trinajstić information content (AvgIpc) is 2.94. The summed E-state index contributed by atoms with van der Waals surface area (Å²) in [5.41, 5.74) is 6.66. The van der Waals surface area contributed by atoms with Crippen LogP contribution in [0.4, 0.5) is 4.79 Å². The Morgan fingerprint density at radius 1 is 1.59 bits per heavy atom. The highest BCUT2D eigenvalue weighted by molar-refractivity contribution is 5.76. The molecule has 94 valence electrons. The number of carbonyl (C=O) groups excluding carboxylic acids is 1. The molecule has 0 spiro atoms. The first-order valence-corrected chi connectivity index (χ1v) is 5.89. The molecule has 1 aliphatic heterocycles. The minimum Gasteiger partial charge on any atom is -0.336 e. The maximum atomic E-state index is 11.3. The normalized spacial score (nSPS) is 17.3. The van der Waals surface area contributed by atoms with Gasteiger partial charge in [0.15, 0.2) is 0 Å². The number of nitrogens with one attached hydrogen (secondary N) is 1. The summed E-state index contributed by atoms with van der Waals surface area (Å²) in [5.74, 6) is 0. The second-order valence-electron chi connectivity index (χ2n) is 4.14. The van der Waals surface area contributed by atoms with Crippen LogP contribution in [0.25, 0.3) is 0 Å². The van der Waals surface area contributed by atoms with E-state index in [1.165, 1.54) is 0 Å². The highest BCUT2D eigenvalue weighted by atomic mass is 16.2. The van der Waals surface area contributed by atoms with Gasteiger partial charge in [0.05, 0.1) is 24.5 Å². The van der Waals surface area contributed by atoms with E-state index in [0.29, 0.717) is 13.1 Å². The Morgan fingerprint density at radius 2 is 2.41 bits per heavy atom. The Bertz CT molecular complexity index is 390. The largest absolute Gasteiger partial charge is 0.336 e. The van der Waals surface area contributed by atoms with E-state index in [1.807, 2.05) is 13.1 Å². The molecule has 0 saturated carbocycles. The summed E-state index contributed by atoms with van der Waals surface area (Å²) in [5, 5.41) is 10.8. The molecule has 1 fully saturated rings. The lowest BCUT2D eigenvalue weighted by Gasteiger charge is -2.13. The molecule has 1 aromatic rings. The topological polar surface area (TPSA) is 89.1 Å². The third-order valence-corrected chi connectivity index (χ3v) is 2.92. The van der Waals surface area contributed by atoms with Gasteiger partial charge >= 0.3 is 6.03 Å². The van der Waals surface area contributed by atoms with Crippen molar-refractivity contribution < 1.29 is 4.79 Å². The van der Waals surface area contributed by atoms with Crippen molar-refractivity contribution in [3.8, 4) is 0 Å². The zero-order valence-electron chi connectivity index (χ0n) is 9.96. The molecule has 3 N–H and O–H groups in total. The third kappa shape index (κ3) is 2.73. The molecular weight excluding hydrogens is 220 g/mol. The molecule has 2 heterocycles. The summed E-state index contributed by atoms with van der Waals surface area (Å²) in [7, 11) is 0. The number of urea groups is 1. The Hall–Kier alpha value is -1.63. The van der Waals surface area contributed by atoms with Crippen molar-refractivity contribution in [1.82, 2.24) is 25.2 Å². The lowest BCUT2D eigenvalue weighted by atomic mass is 10.2. The second kappa shape index (κ2) is 5.13. The molecule has 1 saturated heterocycles. The predicted molar refractivity (Wildman–Crippen MR) is 62.2 cm³/mol. The van der Waals surface area contributed by atoms with Crippen molar-refractivity contribution in [2.24, 2.45) is 5.73 Å². The molecular formula is C10H18N6O. The number of nitrogens with zero attached hydrogens (tertiary/aromatic N) is 4. The quantitative estimate of drug-likeness (QED) is 0.738. The average molecular weight is 238 g/mol. The number of rotatable bonds is 5. The predicted octanol–water partition coefficient (Wildman–Crippen LogP) is -0.287. The van der Waals surface area contributed by atoms with Crippen LogP contribution in [0, 0.1) is 0 Å². The van der Waals surface area contributed by atoms with E-state index in [4.69, 9.17) is 5.73 Å². The number of hydrogen-bond acceptors (Lipinski definition) is 4. The minimum atomic E-state index is -0.0566. The van der Waals surface area contributed by atoms with Crippen LogP contribution < -0.4 is 11.1 Å². The molecule has 1 aromatic heterocycles. The number of nitrogens with two attached hydrogens (primary N) is 1. The van der Waals surface area contributed by atoms with Gasteiger partial charge in [-0.1, -0.05) is 12.1 Å². The summed E-state index contributed by atoms with van der Waals surface area (Å²) in [6, 6.07) is -0.0607. The number of aromatic nitrogens is 3. The molecule has 0 aliphatic carbocycles. The van der Waals surface area contributed by atoms with Gasteiger partial charge in [-0.15, -0.1) is 5.10 Å². The Balaban J connectivity index is 1.86.